The molecule has 1 heterocycles. The molecule has 1 N–H and O–H groups in total. The standard InChI is InChI=1S/C19H18N2O2S/c1-13-7-10-18(24-13)12-20-21-19(22)14(2)23-17-9-8-15-5-3-4-6-16(15)11-17/h3-12,14H,1-2H3,(H,21,22)/b20-12+. The van der Waals surface area contributed by atoms with E-state index in [0.717, 1.165) is 15.6 Å². The Kier molecular flexibility index (Phi) is 4.91. The molecule has 1 unspecified atom stereocenters. The van der Waals surface area contributed by atoms with E-state index >= 15 is 0 Å². The van der Waals surface area contributed by atoms with Crippen LogP contribution in [0.25, 0.3) is 10.8 Å². The summed E-state index contributed by atoms with van der Waals surface area (Å²) in [6, 6.07) is 17.8. The lowest BCUT2D eigenvalue weighted by molar-refractivity contribution is -0.127. The molecule has 122 valence electrons. The van der Waals surface area contributed by atoms with Gasteiger partial charge in [0.25, 0.3) is 5.91 Å². The summed E-state index contributed by atoms with van der Waals surface area (Å²) < 4.78 is 5.71. The number of thiophene rings is 1. The number of hydrazone groups is 1. The summed E-state index contributed by atoms with van der Waals surface area (Å²) in [4.78, 5) is 14.3. The highest BCUT2D eigenvalue weighted by molar-refractivity contribution is 7.13. The van der Waals surface area contributed by atoms with Crippen LogP contribution in [0.1, 0.15) is 16.7 Å². The number of ether oxygens (including phenoxy) is 1. The molecule has 1 amide bonds. The highest BCUT2D eigenvalue weighted by Gasteiger charge is 2.14. The molecule has 4 nitrogen and oxygen atoms in total. The summed E-state index contributed by atoms with van der Waals surface area (Å²) in [5, 5.41) is 6.19. The first-order valence-corrected chi connectivity index (χ1v) is 8.48. The van der Waals surface area contributed by atoms with Gasteiger partial charge in [-0.15, -0.1) is 11.3 Å². The Morgan fingerprint density at radius 1 is 1.17 bits per heavy atom. The predicted octanol–water partition coefficient (Wildman–Crippen LogP) is 4.13. The summed E-state index contributed by atoms with van der Waals surface area (Å²) in [7, 11) is 0. The number of nitrogens with one attached hydrogen (secondary N) is 1. The van der Waals surface area contributed by atoms with Gasteiger partial charge in [-0.25, -0.2) is 5.43 Å². The molecule has 0 saturated heterocycles. The van der Waals surface area contributed by atoms with Crippen LogP contribution >= 0.6 is 11.3 Å². The zero-order valence-electron chi connectivity index (χ0n) is 13.5. The van der Waals surface area contributed by atoms with Crippen molar-refractivity contribution in [1.82, 2.24) is 5.43 Å². The zero-order valence-corrected chi connectivity index (χ0v) is 14.3. The third kappa shape index (κ3) is 4.00. The van der Waals surface area contributed by atoms with Crippen LogP contribution in [-0.2, 0) is 4.79 Å². The summed E-state index contributed by atoms with van der Waals surface area (Å²) in [6.07, 6.45) is 1.01. The fourth-order valence-electron chi connectivity index (χ4n) is 2.27. The van der Waals surface area contributed by atoms with Crippen LogP contribution in [0.2, 0.25) is 0 Å². The van der Waals surface area contributed by atoms with Gasteiger partial charge >= 0.3 is 0 Å². The Bertz CT molecular complexity index is 886. The molecule has 0 radical (unpaired) electrons. The number of amides is 1. The van der Waals surface area contributed by atoms with Crippen molar-refractivity contribution in [1.29, 1.82) is 0 Å². The van der Waals surface area contributed by atoms with Crippen LogP contribution in [-0.4, -0.2) is 18.2 Å². The van der Waals surface area contributed by atoms with E-state index in [1.807, 2.05) is 61.5 Å². The van der Waals surface area contributed by atoms with Gasteiger partial charge in [-0.1, -0.05) is 30.3 Å². The highest BCUT2D eigenvalue weighted by atomic mass is 32.1. The molecule has 0 spiro atoms. The predicted molar refractivity (Wildman–Crippen MR) is 98.8 cm³/mol. The SMILES string of the molecule is Cc1ccc(/C=N/NC(=O)C(C)Oc2ccc3ccccc3c2)s1. The minimum atomic E-state index is -0.631. The van der Waals surface area contributed by atoms with Crippen molar-refractivity contribution in [2.24, 2.45) is 5.10 Å². The quantitative estimate of drug-likeness (QED) is 0.562. The van der Waals surface area contributed by atoms with Gasteiger partial charge < -0.3 is 4.74 Å². The van der Waals surface area contributed by atoms with Crippen molar-refractivity contribution < 1.29 is 9.53 Å². The lowest BCUT2D eigenvalue weighted by Crippen LogP contribution is -2.33. The van der Waals surface area contributed by atoms with E-state index in [0.29, 0.717) is 5.75 Å². The van der Waals surface area contributed by atoms with Gasteiger partial charge in [-0.05, 0) is 48.9 Å². The lowest BCUT2D eigenvalue weighted by Gasteiger charge is -2.13. The molecule has 24 heavy (non-hydrogen) atoms. The van der Waals surface area contributed by atoms with Crippen LogP contribution in [0, 0.1) is 6.92 Å². The number of aryl methyl sites for hydroxylation is 1. The molecule has 1 atom stereocenters. The maximum atomic E-state index is 12.1. The van der Waals surface area contributed by atoms with Crippen molar-refractivity contribution in [2.75, 3.05) is 0 Å². The van der Waals surface area contributed by atoms with Gasteiger partial charge in [-0.2, -0.15) is 5.10 Å². The van der Waals surface area contributed by atoms with Gasteiger partial charge in [0.05, 0.1) is 6.21 Å². The van der Waals surface area contributed by atoms with Crippen molar-refractivity contribution in [3.05, 3.63) is 64.4 Å². The topological polar surface area (TPSA) is 50.7 Å². The van der Waals surface area contributed by atoms with Crippen molar-refractivity contribution in [2.45, 2.75) is 20.0 Å². The average molecular weight is 338 g/mol. The molecule has 3 aromatic rings. The van der Waals surface area contributed by atoms with E-state index in [9.17, 15) is 4.79 Å². The first kappa shape index (κ1) is 16.2. The van der Waals surface area contributed by atoms with Crippen LogP contribution in [0.3, 0.4) is 0 Å². The summed E-state index contributed by atoms with van der Waals surface area (Å²) in [6.45, 7) is 3.73. The Balaban J connectivity index is 1.59. The third-order valence-electron chi connectivity index (χ3n) is 3.53. The van der Waals surface area contributed by atoms with Crippen molar-refractivity contribution in [3.63, 3.8) is 0 Å². The second kappa shape index (κ2) is 7.27. The fourth-order valence-corrected chi connectivity index (χ4v) is 3.02. The average Bonchev–Trinajstić information content (AvgIpc) is 3.00. The lowest BCUT2D eigenvalue weighted by atomic mass is 10.1. The molecule has 0 aliphatic rings. The normalized spacial score (nSPS) is 12.4. The molecule has 0 fully saturated rings. The third-order valence-corrected chi connectivity index (χ3v) is 4.47. The Morgan fingerprint density at radius 2 is 1.96 bits per heavy atom. The first-order chi connectivity index (χ1) is 11.6. The summed E-state index contributed by atoms with van der Waals surface area (Å²) in [5.41, 5.74) is 2.51. The molecular weight excluding hydrogens is 320 g/mol. The minimum absolute atomic E-state index is 0.285. The second-order valence-corrected chi connectivity index (χ2v) is 6.77. The molecule has 3 rings (SSSR count). The van der Waals surface area contributed by atoms with E-state index in [2.05, 4.69) is 10.5 Å². The summed E-state index contributed by atoms with van der Waals surface area (Å²) >= 11 is 1.62. The van der Waals surface area contributed by atoms with Crippen LogP contribution in [0.15, 0.2) is 59.7 Å². The van der Waals surface area contributed by atoms with Gasteiger partial charge in [0.1, 0.15) is 5.75 Å². The summed E-state index contributed by atoms with van der Waals surface area (Å²) in [5.74, 6) is 0.377. The molecule has 0 aliphatic carbocycles. The maximum Gasteiger partial charge on any atom is 0.280 e. The molecule has 0 bridgehead atoms. The number of hydrogen-bond donors (Lipinski definition) is 1. The second-order valence-electron chi connectivity index (χ2n) is 5.45. The van der Waals surface area contributed by atoms with E-state index in [4.69, 9.17) is 4.74 Å². The first-order valence-electron chi connectivity index (χ1n) is 7.66. The van der Waals surface area contributed by atoms with Crippen molar-refractivity contribution >= 4 is 34.2 Å². The minimum Gasteiger partial charge on any atom is -0.481 e. The van der Waals surface area contributed by atoms with E-state index in [-0.39, 0.29) is 5.91 Å². The van der Waals surface area contributed by atoms with Gasteiger partial charge in [0, 0.05) is 9.75 Å². The molecule has 0 saturated carbocycles. The smallest absolute Gasteiger partial charge is 0.280 e. The largest absolute Gasteiger partial charge is 0.481 e. The number of nitrogens with zero attached hydrogens (tertiary/aromatic N) is 1. The van der Waals surface area contributed by atoms with Crippen LogP contribution < -0.4 is 10.2 Å². The van der Waals surface area contributed by atoms with E-state index in [1.54, 1.807) is 24.5 Å². The highest BCUT2D eigenvalue weighted by Crippen LogP contribution is 2.21. The molecule has 0 aliphatic heterocycles. The molecule has 5 heteroatoms. The fraction of sp³-hybridized carbons (Fsp3) is 0.158. The number of fused-ring (bicyclic) bond motifs is 1. The number of benzene rings is 2. The number of rotatable bonds is 5. The number of carbonyl (C=O) groups is 1. The molecular formula is C19H18N2O2S. The van der Waals surface area contributed by atoms with E-state index < -0.39 is 6.10 Å². The Labute approximate surface area is 144 Å². The van der Waals surface area contributed by atoms with Crippen LogP contribution in [0.5, 0.6) is 5.75 Å². The van der Waals surface area contributed by atoms with Gasteiger partial charge in [0.2, 0.25) is 0 Å². The number of hydrogen-bond acceptors (Lipinski definition) is 4. The molecule has 2 aromatic carbocycles. The van der Waals surface area contributed by atoms with Crippen molar-refractivity contribution in [3.8, 4) is 5.75 Å². The zero-order chi connectivity index (χ0) is 16.9. The monoisotopic (exact) mass is 338 g/mol. The van der Waals surface area contributed by atoms with Gasteiger partial charge in [-0.3, -0.25) is 4.79 Å². The van der Waals surface area contributed by atoms with E-state index in [1.165, 1.54) is 4.88 Å². The van der Waals surface area contributed by atoms with Crippen LogP contribution in [0.4, 0.5) is 0 Å². The van der Waals surface area contributed by atoms with Gasteiger partial charge in [0.15, 0.2) is 6.10 Å². The maximum absolute atomic E-state index is 12.1. The Hall–Kier alpha value is -2.66. The number of carbonyl (C=O) groups excluding carboxylic acids is 1. The Morgan fingerprint density at radius 3 is 2.71 bits per heavy atom. The molecule has 1 aromatic heterocycles.